The molecule has 0 radical (unpaired) electrons. The van der Waals surface area contributed by atoms with E-state index in [1.54, 1.807) is 6.07 Å². The van der Waals surface area contributed by atoms with Crippen LogP contribution in [-0.4, -0.2) is 24.1 Å². The van der Waals surface area contributed by atoms with E-state index in [9.17, 15) is 18.0 Å². The highest BCUT2D eigenvalue weighted by Crippen LogP contribution is 2.31. The molecule has 148 valence electrons. The van der Waals surface area contributed by atoms with Crippen molar-refractivity contribution in [2.24, 2.45) is 0 Å². The summed E-state index contributed by atoms with van der Waals surface area (Å²) in [6.07, 6.45) is -1.77. The van der Waals surface area contributed by atoms with Crippen LogP contribution in [-0.2, 0) is 6.18 Å². The minimum absolute atomic E-state index is 0.106. The van der Waals surface area contributed by atoms with Crippen molar-refractivity contribution in [2.45, 2.75) is 6.18 Å². The fraction of sp³-hybridized carbons (Fsp3) is 0.0476. The van der Waals surface area contributed by atoms with Gasteiger partial charge in [-0.1, -0.05) is 36.4 Å². The molecule has 2 aromatic carbocycles. The Hall–Kier alpha value is -4.01. The molecule has 0 saturated carbocycles. The lowest BCUT2D eigenvalue weighted by atomic mass is 10.1. The van der Waals surface area contributed by atoms with Gasteiger partial charge in [-0.25, -0.2) is 4.98 Å². The molecular weight excluding hydrogens is 395 g/mol. The molecule has 0 amide bonds. The van der Waals surface area contributed by atoms with Gasteiger partial charge in [-0.05, 0) is 24.3 Å². The third-order valence-electron chi connectivity index (χ3n) is 4.77. The third kappa shape index (κ3) is 2.83. The Balaban J connectivity index is 1.86. The third-order valence-corrected chi connectivity index (χ3v) is 4.77. The maximum atomic E-state index is 13.4. The number of fused-ring (bicyclic) bond motifs is 2. The normalized spacial score (nSPS) is 12.0. The van der Waals surface area contributed by atoms with E-state index in [2.05, 4.69) is 15.1 Å². The summed E-state index contributed by atoms with van der Waals surface area (Å²) in [5.41, 5.74) is 0.325. The van der Waals surface area contributed by atoms with Gasteiger partial charge < -0.3 is 0 Å². The summed E-state index contributed by atoms with van der Waals surface area (Å²) in [7, 11) is 0. The number of aromatic nitrogens is 5. The molecule has 0 unspecified atom stereocenters. The van der Waals surface area contributed by atoms with Gasteiger partial charge in [0.2, 0.25) is 0 Å². The summed E-state index contributed by atoms with van der Waals surface area (Å²) in [5, 5.41) is 4.42. The van der Waals surface area contributed by atoms with Gasteiger partial charge in [-0.2, -0.15) is 27.8 Å². The molecule has 0 aliphatic heterocycles. The molecule has 30 heavy (non-hydrogen) atoms. The van der Waals surface area contributed by atoms with E-state index >= 15 is 0 Å². The van der Waals surface area contributed by atoms with E-state index in [1.807, 2.05) is 30.3 Å². The Bertz CT molecular complexity index is 1460. The van der Waals surface area contributed by atoms with Gasteiger partial charge >= 0.3 is 6.18 Å². The average molecular weight is 407 g/mol. The zero-order chi connectivity index (χ0) is 20.9. The first kappa shape index (κ1) is 18.0. The van der Waals surface area contributed by atoms with Crippen molar-refractivity contribution in [1.82, 2.24) is 24.1 Å². The van der Waals surface area contributed by atoms with Crippen LogP contribution in [0.2, 0.25) is 0 Å². The highest BCUT2D eigenvalue weighted by Gasteiger charge is 2.30. The number of hydrogen-bond acceptors (Lipinski definition) is 4. The van der Waals surface area contributed by atoms with Crippen molar-refractivity contribution < 1.29 is 13.2 Å². The predicted octanol–water partition coefficient (Wildman–Crippen LogP) is 4.11. The van der Waals surface area contributed by atoms with Crippen molar-refractivity contribution in [3.05, 3.63) is 89.1 Å². The smallest absolute Gasteiger partial charge is 0.284 e. The average Bonchev–Trinajstić information content (AvgIpc) is 3.21. The summed E-state index contributed by atoms with van der Waals surface area (Å²) >= 11 is 0. The fourth-order valence-electron chi connectivity index (χ4n) is 3.42. The molecule has 0 N–H and O–H groups in total. The molecule has 0 aliphatic rings. The first-order valence-corrected chi connectivity index (χ1v) is 8.91. The Morgan fingerprint density at radius 2 is 1.73 bits per heavy atom. The van der Waals surface area contributed by atoms with Crippen LogP contribution in [0.3, 0.4) is 0 Å². The van der Waals surface area contributed by atoms with Crippen LogP contribution >= 0.6 is 0 Å². The van der Waals surface area contributed by atoms with Crippen molar-refractivity contribution in [3.63, 3.8) is 0 Å². The maximum absolute atomic E-state index is 13.4. The molecule has 0 fully saturated rings. The standard InChI is InChI=1S/C21H12F3N5O/c22-21(23,24)14-7-4-8-15(11-14)28-10-9-16-17(19(28)30)18(13-5-2-1-3-6-13)29-20(27-16)25-12-26-29/h1-12H. The van der Waals surface area contributed by atoms with Crippen LogP contribution in [0.5, 0.6) is 0 Å². The molecule has 6 nitrogen and oxygen atoms in total. The summed E-state index contributed by atoms with van der Waals surface area (Å²) in [4.78, 5) is 21.9. The van der Waals surface area contributed by atoms with E-state index in [0.717, 1.165) is 12.1 Å². The summed E-state index contributed by atoms with van der Waals surface area (Å²) in [5.74, 6) is 0.317. The minimum Gasteiger partial charge on any atom is -0.284 e. The van der Waals surface area contributed by atoms with E-state index in [0.29, 0.717) is 22.6 Å². The number of hydrogen-bond donors (Lipinski definition) is 0. The van der Waals surface area contributed by atoms with Crippen LogP contribution in [0.15, 0.2) is 78.0 Å². The topological polar surface area (TPSA) is 65.1 Å². The molecule has 3 heterocycles. The number of alkyl halides is 3. The number of benzene rings is 2. The second kappa shape index (κ2) is 6.51. The number of nitrogens with zero attached hydrogens (tertiary/aromatic N) is 5. The van der Waals surface area contributed by atoms with Crippen LogP contribution in [0.25, 0.3) is 33.6 Å². The van der Waals surface area contributed by atoms with E-state index in [-0.39, 0.29) is 11.1 Å². The summed E-state index contributed by atoms with van der Waals surface area (Å²) in [6, 6.07) is 15.3. The van der Waals surface area contributed by atoms with Crippen molar-refractivity contribution in [3.8, 4) is 16.9 Å². The van der Waals surface area contributed by atoms with Gasteiger partial charge in [0.1, 0.15) is 6.33 Å². The van der Waals surface area contributed by atoms with E-state index in [1.165, 1.54) is 33.7 Å². The molecule has 3 aromatic heterocycles. The first-order valence-electron chi connectivity index (χ1n) is 8.91. The largest absolute Gasteiger partial charge is 0.416 e. The molecule has 0 atom stereocenters. The van der Waals surface area contributed by atoms with Gasteiger partial charge in [0.05, 0.1) is 22.2 Å². The lowest BCUT2D eigenvalue weighted by molar-refractivity contribution is -0.137. The molecule has 5 rings (SSSR count). The van der Waals surface area contributed by atoms with Gasteiger partial charge in [0.25, 0.3) is 11.3 Å². The van der Waals surface area contributed by atoms with Crippen molar-refractivity contribution in [1.29, 1.82) is 0 Å². The quantitative estimate of drug-likeness (QED) is 0.442. The lowest BCUT2D eigenvalue weighted by Gasteiger charge is -2.13. The van der Waals surface area contributed by atoms with E-state index in [4.69, 9.17) is 0 Å². The van der Waals surface area contributed by atoms with Crippen LogP contribution in [0, 0.1) is 0 Å². The van der Waals surface area contributed by atoms with Crippen molar-refractivity contribution >= 4 is 16.7 Å². The highest BCUT2D eigenvalue weighted by molar-refractivity contribution is 5.93. The SMILES string of the molecule is O=c1c2c(-c3ccccc3)n3ncnc3nc2ccn1-c1cccc(C(F)(F)F)c1. The van der Waals surface area contributed by atoms with Crippen molar-refractivity contribution in [2.75, 3.05) is 0 Å². The Labute approximate surface area is 166 Å². The molecule has 5 aromatic rings. The monoisotopic (exact) mass is 407 g/mol. The molecule has 0 saturated heterocycles. The van der Waals surface area contributed by atoms with E-state index < -0.39 is 17.3 Å². The second-order valence-electron chi connectivity index (χ2n) is 6.60. The summed E-state index contributed by atoms with van der Waals surface area (Å²) < 4.78 is 42.1. The summed E-state index contributed by atoms with van der Waals surface area (Å²) in [6.45, 7) is 0. The zero-order valence-electron chi connectivity index (χ0n) is 15.2. The van der Waals surface area contributed by atoms with Crippen LogP contribution < -0.4 is 5.56 Å². The maximum Gasteiger partial charge on any atom is 0.416 e. The Kier molecular flexibility index (Phi) is 3.92. The molecule has 0 bridgehead atoms. The van der Waals surface area contributed by atoms with Crippen LogP contribution in [0.4, 0.5) is 13.2 Å². The molecule has 0 aliphatic carbocycles. The lowest BCUT2D eigenvalue weighted by Crippen LogP contribution is -2.20. The predicted molar refractivity (Wildman–Crippen MR) is 104 cm³/mol. The van der Waals surface area contributed by atoms with Gasteiger partial charge in [0, 0.05) is 17.4 Å². The number of rotatable bonds is 2. The minimum atomic E-state index is -4.51. The number of pyridine rings is 1. The van der Waals surface area contributed by atoms with Crippen LogP contribution in [0.1, 0.15) is 5.56 Å². The molecular formula is C21H12F3N5O. The fourth-order valence-corrected chi connectivity index (χ4v) is 3.42. The Morgan fingerprint density at radius 3 is 2.50 bits per heavy atom. The first-order chi connectivity index (χ1) is 14.4. The number of halogens is 3. The second-order valence-corrected chi connectivity index (χ2v) is 6.60. The Morgan fingerprint density at radius 1 is 0.933 bits per heavy atom. The van der Waals surface area contributed by atoms with Gasteiger partial charge in [0.15, 0.2) is 0 Å². The van der Waals surface area contributed by atoms with Gasteiger partial charge in [-0.15, -0.1) is 0 Å². The zero-order valence-corrected chi connectivity index (χ0v) is 15.2. The van der Waals surface area contributed by atoms with Gasteiger partial charge in [-0.3, -0.25) is 9.36 Å². The molecule has 9 heteroatoms. The molecule has 0 spiro atoms. The highest BCUT2D eigenvalue weighted by atomic mass is 19.4.